The van der Waals surface area contributed by atoms with Crippen LogP contribution in [0.25, 0.3) is 22.4 Å². The predicted molar refractivity (Wildman–Crippen MR) is 57.3 cm³/mol. The van der Waals surface area contributed by atoms with Crippen LogP contribution in [0.2, 0.25) is 0 Å². The van der Waals surface area contributed by atoms with Gasteiger partial charge in [0, 0.05) is 11.5 Å². The van der Waals surface area contributed by atoms with Gasteiger partial charge in [-0.25, -0.2) is 8.78 Å². The lowest BCUT2D eigenvalue weighted by atomic mass is 10.1. The van der Waals surface area contributed by atoms with Gasteiger partial charge >= 0.3 is 0 Å². The molecule has 2 heterocycles. The minimum Gasteiger partial charge on any atom is -0.461 e. The van der Waals surface area contributed by atoms with Gasteiger partial charge in [-0.2, -0.15) is 4.98 Å². The number of hydrogen-bond donors (Lipinski definition) is 1. The smallest absolute Gasteiger partial charge is 0.240 e. The van der Waals surface area contributed by atoms with E-state index in [0.29, 0.717) is 0 Å². The first-order chi connectivity index (χ1) is 8.70. The molecular formula is C11H7F2N3O2. The van der Waals surface area contributed by atoms with Gasteiger partial charge in [0.05, 0.1) is 18.4 Å². The van der Waals surface area contributed by atoms with Crippen molar-refractivity contribution in [2.45, 2.75) is 6.54 Å². The Morgan fingerprint density at radius 2 is 2.11 bits per heavy atom. The summed E-state index contributed by atoms with van der Waals surface area (Å²) in [4.78, 5) is 3.91. The number of hydrogen-bond acceptors (Lipinski definition) is 5. The lowest BCUT2D eigenvalue weighted by Gasteiger charge is -2.00. The van der Waals surface area contributed by atoms with Crippen molar-refractivity contribution in [2.24, 2.45) is 5.73 Å². The highest BCUT2D eigenvalue weighted by molar-refractivity contribution is 5.92. The van der Waals surface area contributed by atoms with Gasteiger partial charge < -0.3 is 14.7 Å². The Balaban J connectivity index is 2.30. The SMILES string of the molecule is NCc1nc(-c2c(F)cc(F)c3occc23)no1. The molecule has 0 unspecified atom stereocenters. The second kappa shape index (κ2) is 3.88. The summed E-state index contributed by atoms with van der Waals surface area (Å²) in [5.74, 6) is -1.38. The second-order valence-corrected chi connectivity index (χ2v) is 3.59. The Hall–Kier alpha value is -2.28. The normalized spacial score (nSPS) is 11.3. The van der Waals surface area contributed by atoms with Crippen molar-refractivity contribution in [1.29, 1.82) is 0 Å². The number of fused-ring (bicyclic) bond motifs is 1. The van der Waals surface area contributed by atoms with Gasteiger partial charge in [-0.15, -0.1) is 0 Å². The van der Waals surface area contributed by atoms with E-state index in [4.69, 9.17) is 14.7 Å². The van der Waals surface area contributed by atoms with Crippen molar-refractivity contribution in [3.63, 3.8) is 0 Å². The van der Waals surface area contributed by atoms with Crippen LogP contribution in [0.15, 0.2) is 27.3 Å². The van der Waals surface area contributed by atoms with Gasteiger partial charge in [-0.1, -0.05) is 5.16 Å². The molecule has 0 aliphatic heterocycles. The Morgan fingerprint density at radius 3 is 2.83 bits per heavy atom. The first-order valence-corrected chi connectivity index (χ1v) is 5.09. The zero-order valence-electron chi connectivity index (χ0n) is 8.98. The molecule has 0 atom stereocenters. The van der Waals surface area contributed by atoms with Crippen LogP contribution in [0.3, 0.4) is 0 Å². The lowest BCUT2D eigenvalue weighted by Crippen LogP contribution is -1.96. The number of benzene rings is 1. The first kappa shape index (κ1) is 10.8. The summed E-state index contributed by atoms with van der Waals surface area (Å²) >= 11 is 0. The molecule has 0 saturated heterocycles. The minimum atomic E-state index is -0.786. The van der Waals surface area contributed by atoms with Gasteiger partial charge in [0.2, 0.25) is 11.7 Å². The van der Waals surface area contributed by atoms with E-state index >= 15 is 0 Å². The van der Waals surface area contributed by atoms with Gasteiger partial charge in [0.25, 0.3) is 0 Å². The minimum absolute atomic E-state index is 0.0133. The molecule has 0 amide bonds. The topological polar surface area (TPSA) is 78.1 Å². The van der Waals surface area contributed by atoms with Crippen molar-refractivity contribution in [1.82, 2.24) is 10.1 Å². The molecule has 3 aromatic rings. The van der Waals surface area contributed by atoms with Gasteiger partial charge in [0.15, 0.2) is 11.4 Å². The average molecular weight is 251 g/mol. The fourth-order valence-electron chi connectivity index (χ4n) is 1.74. The maximum atomic E-state index is 13.8. The molecule has 1 aromatic carbocycles. The number of furan rings is 1. The van der Waals surface area contributed by atoms with Gasteiger partial charge in [-0.05, 0) is 6.07 Å². The van der Waals surface area contributed by atoms with E-state index in [1.807, 2.05) is 0 Å². The van der Waals surface area contributed by atoms with Crippen LogP contribution in [-0.4, -0.2) is 10.1 Å². The third-order valence-corrected chi connectivity index (χ3v) is 2.51. The van der Waals surface area contributed by atoms with Gasteiger partial charge in [0.1, 0.15) is 5.82 Å². The highest BCUT2D eigenvalue weighted by atomic mass is 19.1. The van der Waals surface area contributed by atoms with E-state index < -0.39 is 11.6 Å². The van der Waals surface area contributed by atoms with Crippen LogP contribution in [0, 0.1) is 11.6 Å². The van der Waals surface area contributed by atoms with Crippen molar-refractivity contribution in [3.05, 3.63) is 35.9 Å². The molecular weight excluding hydrogens is 244 g/mol. The summed E-state index contributed by atoms with van der Waals surface area (Å²) in [6.45, 7) is 0.0460. The van der Waals surface area contributed by atoms with Crippen molar-refractivity contribution in [2.75, 3.05) is 0 Å². The molecule has 0 radical (unpaired) electrons. The van der Waals surface area contributed by atoms with Crippen LogP contribution >= 0.6 is 0 Å². The Labute approximate surface area is 99.2 Å². The maximum absolute atomic E-state index is 13.8. The molecule has 0 fully saturated rings. The first-order valence-electron chi connectivity index (χ1n) is 5.09. The highest BCUT2D eigenvalue weighted by Gasteiger charge is 2.20. The summed E-state index contributed by atoms with van der Waals surface area (Å²) in [5.41, 5.74) is 5.31. The summed E-state index contributed by atoms with van der Waals surface area (Å²) in [5, 5.41) is 3.85. The van der Waals surface area contributed by atoms with E-state index in [-0.39, 0.29) is 34.8 Å². The van der Waals surface area contributed by atoms with Gasteiger partial charge in [-0.3, -0.25) is 0 Å². The van der Waals surface area contributed by atoms with Crippen LogP contribution in [0.1, 0.15) is 5.89 Å². The molecule has 2 N–H and O–H groups in total. The number of rotatable bonds is 2. The van der Waals surface area contributed by atoms with E-state index in [1.54, 1.807) is 0 Å². The average Bonchev–Trinajstić information content (AvgIpc) is 2.97. The molecule has 0 bridgehead atoms. The van der Waals surface area contributed by atoms with Crippen molar-refractivity contribution in [3.8, 4) is 11.4 Å². The Kier molecular flexibility index (Phi) is 2.34. The Bertz CT molecular complexity index is 720. The van der Waals surface area contributed by atoms with E-state index in [0.717, 1.165) is 6.07 Å². The van der Waals surface area contributed by atoms with Crippen LogP contribution in [-0.2, 0) is 6.54 Å². The molecule has 18 heavy (non-hydrogen) atoms. The zero-order valence-corrected chi connectivity index (χ0v) is 8.98. The summed E-state index contributed by atoms with van der Waals surface area (Å²) in [6.07, 6.45) is 1.26. The Morgan fingerprint density at radius 1 is 1.28 bits per heavy atom. The summed E-state index contributed by atoms with van der Waals surface area (Å²) in [6, 6.07) is 2.16. The molecule has 2 aromatic heterocycles. The fraction of sp³-hybridized carbons (Fsp3) is 0.0909. The molecule has 0 saturated carbocycles. The molecule has 92 valence electrons. The van der Waals surface area contributed by atoms with E-state index in [2.05, 4.69) is 10.1 Å². The van der Waals surface area contributed by atoms with Crippen LogP contribution in [0.4, 0.5) is 8.78 Å². The van der Waals surface area contributed by atoms with E-state index in [1.165, 1.54) is 12.3 Å². The van der Waals surface area contributed by atoms with Crippen molar-refractivity contribution >= 4 is 11.0 Å². The number of aromatic nitrogens is 2. The molecule has 7 heteroatoms. The summed E-state index contributed by atoms with van der Waals surface area (Å²) in [7, 11) is 0. The predicted octanol–water partition coefficient (Wildman–Crippen LogP) is 2.22. The number of nitrogens with zero attached hydrogens (tertiary/aromatic N) is 2. The second-order valence-electron chi connectivity index (χ2n) is 3.59. The molecule has 0 spiro atoms. The molecule has 0 aliphatic rings. The zero-order chi connectivity index (χ0) is 12.7. The highest BCUT2D eigenvalue weighted by Crippen LogP contribution is 2.32. The molecule has 0 aliphatic carbocycles. The van der Waals surface area contributed by atoms with Crippen LogP contribution < -0.4 is 5.73 Å². The fourth-order valence-corrected chi connectivity index (χ4v) is 1.74. The van der Waals surface area contributed by atoms with Crippen molar-refractivity contribution < 1.29 is 17.7 Å². The van der Waals surface area contributed by atoms with E-state index in [9.17, 15) is 8.78 Å². The molecule has 3 rings (SSSR count). The third kappa shape index (κ3) is 1.48. The lowest BCUT2D eigenvalue weighted by molar-refractivity contribution is 0.380. The largest absolute Gasteiger partial charge is 0.461 e. The standard InChI is InChI=1S/C11H7F2N3O2/c12-6-3-7(13)10-5(1-2-17-10)9(6)11-15-8(4-14)18-16-11/h1-3H,4,14H2. The molecule has 5 nitrogen and oxygen atoms in total. The quantitative estimate of drug-likeness (QED) is 0.755. The summed E-state index contributed by atoms with van der Waals surface area (Å²) < 4.78 is 37.0. The third-order valence-electron chi connectivity index (χ3n) is 2.51. The monoisotopic (exact) mass is 251 g/mol. The number of halogens is 2. The van der Waals surface area contributed by atoms with Crippen LogP contribution in [0.5, 0.6) is 0 Å². The maximum Gasteiger partial charge on any atom is 0.240 e. The number of nitrogens with two attached hydrogens (primary N) is 1.